The van der Waals surface area contributed by atoms with Gasteiger partial charge in [-0.15, -0.1) is 0 Å². The first kappa shape index (κ1) is 14.9. The van der Waals surface area contributed by atoms with Crippen molar-refractivity contribution in [3.05, 3.63) is 71.6 Å². The molecular formula is C17H16FNO2. The van der Waals surface area contributed by atoms with Crippen LogP contribution in [0.2, 0.25) is 0 Å². The summed E-state index contributed by atoms with van der Waals surface area (Å²) in [4.78, 5) is 11.7. The minimum Gasteiger partial charge on any atom is -0.396 e. The van der Waals surface area contributed by atoms with Gasteiger partial charge in [0, 0.05) is 18.4 Å². The Bertz CT molecular complexity index is 635. The maximum absolute atomic E-state index is 13.0. The molecule has 0 fully saturated rings. The number of amides is 1. The van der Waals surface area contributed by atoms with Gasteiger partial charge in [-0.25, -0.2) is 4.39 Å². The zero-order chi connectivity index (χ0) is 15.1. The highest BCUT2D eigenvalue weighted by Crippen LogP contribution is 2.10. The number of rotatable bonds is 5. The molecule has 2 aromatic carbocycles. The fraction of sp³-hybridized carbons (Fsp3) is 0.118. The maximum Gasteiger partial charge on any atom is 0.248 e. The molecule has 4 heteroatoms. The summed E-state index contributed by atoms with van der Waals surface area (Å²) in [5, 5.41) is 11.5. The third kappa shape index (κ3) is 4.85. The molecule has 0 bridgehead atoms. The Morgan fingerprint density at radius 1 is 1.19 bits per heavy atom. The van der Waals surface area contributed by atoms with Crippen LogP contribution in [0.25, 0.3) is 6.08 Å². The third-order valence-electron chi connectivity index (χ3n) is 2.90. The van der Waals surface area contributed by atoms with Gasteiger partial charge in [-0.3, -0.25) is 4.79 Å². The van der Waals surface area contributed by atoms with Crippen molar-refractivity contribution in [2.75, 3.05) is 11.9 Å². The molecule has 2 rings (SSSR count). The molecule has 0 heterocycles. The van der Waals surface area contributed by atoms with Crippen molar-refractivity contribution in [3.8, 4) is 0 Å². The summed E-state index contributed by atoms with van der Waals surface area (Å²) in [5.74, 6) is -0.619. The number of benzene rings is 2. The van der Waals surface area contributed by atoms with Gasteiger partial charge in [0.2, 0.25) is 5.91 Å². The van der Waals surface area contributed by atoms with E-state index in [-0.39, 0.29) is 18.3 Å². The lowest BCUT2D eigenvalue weighted by molar-refractivity contribution is -0.111. The quantitative estimate of drug-likeness (QED) is 0.830. The van der Waals surface area contributed by atoms with Crippen molar-refractivity contribution in [3.63, 3.8) is 0 Å². The molecule has 2 aromatic rings. The van der Waals surface area contributed by atoms with Crippen LogP contribution in [0.4, 0.5) is 10.1 Å². The smallest absolute Gasteiger partial charge is 0.248 e. The van der Waals surface area contributed by atoms with Crippen LogP contribution in [0.3, 0.4) is 0 Å². The highest BCUT2D eigenvalue weighted by molar-refractivity contribution is 6.01. The molecule has 1 amide bonds. The second-order valence-corrected chi connectivity index (χ2v) is 4.55. The molecule has 0 aromatic heterocycles. The first-order valence-electron chi connectivity index (χ1n) is 6.62. The van der Waals surface area contributed by atoms with Crippen molar-refractivity contribution < 1.29 is 14.3 Å². The van der Waals surface area contributed by atoms with Crippen LogP contribution in [0, 0.1) is 5.82 Å². The number of halogens is 1. The van der Waals surface area contributed by atoms with E-state index in [1.54, 1.807) is 30.3 Å². The fourth-order valence-corrected chi connectivity index (χ4v) is 1.85. The minimum absolute atomic E-state index is 0.0993. The van der Waals surface area contributed by atoms with Gasteiger partial charge in [-0.2, -0.15) is 0 Å². The lowest BCUT2D eigenvalue weighted by atomic mass is 10.1. The van der Waals surface area contributed by atoms with E-state index in [9.17, 15) is 9.18 Å². The Balaban J connectivity index is 1.95. The average molecular weight is 285 g/mol. The molecule has 0 unspecified atom stereocenters. The number of hydrogen-bond acceptors (Lipinski definition) is 2. The Kier molecular flexibility index (Phi) is 5.23. The second-order valence-electron chi connectivity index (χ2n) is 4.55. The van der Waals surface area contributed by atoms with Crippen LogP contribution < -0.4 is 5.32 Å². The molecule has 3 nitrogen and oxygen atoms in total. The summed E-state index contributed by atoms with van der Waals surface area (Å²) in [6.07, 6.45) is 3.50. The van der Waals surface area contributed by atoms with Gasteiger partial charge in [-0.1, -0.05) is 24.3 Å². The number of aliphatic hydroxyl groups is 1. The van der Waals surface area contributed by atoms with Crippen LogP contribution in [0.15, 0.2) is 54.6 Å². The molecule has 0 aliphatic rings. The van der Waals surface area contributed by atoms with Crippen LogP contribution in [0.1, 0.15) is 11.1 Å². The molecule has 0 aliphatic carbocycles. The summed E-state index contributed by atoms with van der Waals surface area (Å²) in [6, 6.07) is 13.3. The molecular weight excluding hydrogens is 269 g/mol. The third-order valence-corrected chi connectivity index (χ3v) is 2.90. The Labute approximate surface area is 122 Å². The number of carbonyl (C=O) groups excluding carboxylic acids is 1. The molecule has 0 spiro atoms. The summed E-state index contributed by atoms with van der Waals surface area (Å²) in [6.45, 7) is 0.0993. The SMILES string of the molecule is O=C(C=Cc1cccc(F)c1)Nc1ccc(CCO)cc1. The Hall–Kier alpha value is -2.46. The molecule has 108 valence electrons. The normalized spacial score (nSPS) is 10.8. The topological polar surface area (TPSA) is 49.3 Å². The average Bonchev–Trinajstić information content (AvgIpc) is 2.48. The van der Waals surface area contributed by atoms with Crippen molar-refractivity contribution in [2.24, 2.45) is 0 Å². The first-order chi connectivity index (χ1) is 10.2. The van der Waals surface area contributed by atoms with Crippen LogP contribution >= 0.6 is 0 Å². The maximum atomic E-state index is 13.0. The van der Waals surface area contributed by atoms with E-state index < -0.39 is 0 Å². The number of nitrogens with one attached hydrogen (secondary N) is 1. The highest BCUT2D eigenvalue weighted by Gasteiger charge is 1.99. The largest absolute Gasteiger partial charge is 0.396 e. The standard InChI is InChI=1S/C17H16FNO2/c18-15-3-1-2-14(12-15)6-9-17(21)19-16-7-4-13(5-8-16)10-11-20/h1-9,12,20H,10-11H2,(H,19,21). The van der Waals surface area contributed by atoms with Gasteiger partial charge >= 0.3 is 0 Å². The monoisotopic (exact) mass is 285 g/mol. The zero-order valence-corrected chi connectivity index (χ0v) is 11.4. The minimum atomic E-state index is -0.336. The fourth-order valence-electron chi connectivity index (χ4n) is 1.85. The van der Waals surface area contributed by atoms with Crippen LogP contribution in [-0.2, 0) is 11.2 Å². The van der Waals surface area contributed by atoms with Gasteiger partial charge in [-0.05, 0) is 47.9 Å². The lowest BCUT2D eigenvalue weighted by Crippen LogP contribution is -2.07. The van der Waals surface area contributed by atoms with Crippen LogP contribution in [0.5, 0.6) is 0 Å². The molecule has 0 radical (unpaired) electrons. The van der Waals surface area contributed by atoms with Crippen LogP contribution in [-0.4, -0.2) is 17.6 Å². The van der Waals surface area contributed by atoms with Gasteiger partial charge in [0.15, 0.2) is 0 Å². The van der Waals surface area contributed by atoms with Gasteiger partial charge < -0.3 is 10.4 Å². The van der Waals surface area contributed by atoms with E-state index in [0.717, 1.165) is 5.56 Å². The molecule has 0 saturated heterocycles. The van der Waals surface area contributed by atoms with Crippen molar-refractivity contribution in [2.45, 2.75) is 6.42 Å². The predicted molar refractivity (Wildman–Crippen MR) is 81.3 cm³/mol. The Morgan fingerprint density at radius 2 is 1.95 bits per heavy atom. The zero-order valence-electron chi connectivity index (χ0n) is 11.4. The number of hydrogen-bond donors (Lipinski definition) is 2. The molecule has 0 saturated carbocycles. The summed E-state index contributed by atoms with van der Waals surface area (Å²) >= 11 is 0. The van der Waals surface area contributed by atoms with E-state index in [2.05, 4.69) is 5.32 Å². The summed E-state index contributed by atoms with van der Waals surface area (Å²) in [5.41, 5.74) is 2.31. The first-order valence-corrected chi connectivity index (χ1v) is 6.62. The van der Waals surface area contributed by atoms with Gasteiger partial charge in [0.25, 0.3) is 0 Å². The molecule has 21 heavy (non-hydrogen) atoms. The van der Waals surface area contributed by atoms with Crippen molar-refractivity contribution in [1.82, 2.24) is 0 Å². The van der Waals surface area contributed by atoms with E-state index in [1.807, 2.05) is 12.1 Å². The summed E-state index contributed by atoms with van der Waals surface area (Å²) in [7, 11) is 0. The lowest BCUT2D eigenvalue weighted by Gasteiger charge is -2.03. The summed E-state index contributed by atoms with van der Waals surface area (Å²) < 4.78 is 13.0. The Morgan fingerprint density at radius 3 is 2.62 bits per heavy atom. The van der Waals surface area contributed by atoms with Gasteiger partial charge in [0.05, 0.1) is 0 Å². The highest BCUT2D eigenvalue weighted by atomic mass is 19.1. The van der Waals surface area contributed by atoms with E-state index >= 15 is 0 Å². The van der Waals surface area contributed by atoms with E-state index in [0.29, 0.717) is 17.7 Å². The molecule has 0 atom stereocenters. The second kappa shape index (κ2) is 7.36. The van der Waals surface area contributed by atoms with Crippen molar-refractivity contribution in [1.29, 1.82) is 0 Å². The van der Waals surface area contributed by atoms with E-state index in [1.165, 1.54) is 18.2 Å². The molecule has 0 aliphatic heterocycles. The number of aliphatic hydroxyl groups excluding tert-OH is 1. The van der Waals surface area contributed by atoms with Gasteiger partial charge in [0.1, 0.15) is 5.82 Å². The molecule has 2 N–H and O–H groups in total. The predicted octanol–water partition coefficient (Wildman–Crippen LogP) is 3.01. The van der Waals surface area contributed by atoms with E-state index in [4.69, 9.17) is 5.11 Å². The van der Waals surface area contributed by atoms with Crippen molar-refractivity contribution >= 4 is 17.7 Å². The number of anilines is 1. The number of carbonyl (C=O) groups is 1.